The first kappa shape index (κ1) is 7.80. The van der Waals surface area contributed by atoms with Crippen LogP contribution >= 0.6 is 0 Å². The van der Waals surface area contributed by atoms with Crippen LogP contribution in [0.4, 0.5) is 0 Å². The van der Waals surface area contributed by atoms with Gasteiger partial charge in [-0.15, -0.1) is 0 Å². The molecule has 1 aliphatic heterocycles. The van der Waals surface area contributed by atoms with Gasteiger partial charge in [0.25, 0.3) is 0 Å². The molecule has 0 spiro atoms. The smallest absolute Gasteiger partial charge is 0.00447 e. The fourth-order valence-corrected chi connectivity index (χ4v) is 1.58. The van der Waals surface area contributed by atoms with Crippen LogP contribution in [-0.4, -0.2) is 24.5 Å². The summed E-state index contributed by atoms with van der Waals surface area (Å²) in [6.07, 6.45) is 5.86. The highest BCUT2D eigenvalue weighted by atomic mass is 15.1. The predicted molar refractivity (Wildman–Crippen MR) is 45.0 cm³/mol. The molecule has 0 aromatic rings. The van der Waals surface area contributed by atoms with E-state index >= 15 is 0 Å². The van der Waals surface area contributed by atoms with Crippen molar-refractivity contribution in [3.05, 3.63) is 12.2 Å². The van der Waals surface area contributed by atoms with Gasteiger partial charge < -0.3 is 4.90 Å². The van der Waals surface area contributed by atoms with E-state index in [4.69, 9.17) is 0 Å². The number of rotatable bonds is 2. The number of likely N-dealkylation sites (tertiary alicyclic amines) is 1. The average Bonchev–Trinajstić information content (AvgIpc) is 2.37. The Morgan fingerprint density at radius 2 is 2.40 bits per heavy atom. The summed E-state index contributed by atoms with van der Waals surface area (Å²) in [4.78, 5) is 2.50. The summed E-state index contributed by atoms with van der Waals surface area (Å²) in [5.41, 5.74) is 0. The van der Waals surface area contributed by atoms with Crippen LogP contribution in [0.25, 0.3) is 0 Å². The first-order valence-corrected chi connectivity index (χ1v) is 4.22. The zero-order valence-electron chi connectivity index (χ0n) is 7.01. The summed E-state index contributed by atoms with van der Waals surface area (Å²) in [5.74, 6) is 0.838. The quantitative estimate of drug-likeness (QED) is 0.528. The Bertz CT molecular complexity index is 118. The van der Waals surface area contributed by atoms with Gasteiger partial charge >= 0.3 is 0 Å². The fourth-order valence-electron chi connectivity index (χ4n) is 1.58. The first-order chi connectivity index (χ1) is 4.86. The van der Waals surface area contributed by atoms with Crippen LogP contribution in [0.2, 0.25) is 0 Å². The molecule has 1 fully saturated rings. The van der Waals surface area contributed by atoms with Gasteiger partial charge in [-0.1, -0.05) is 19.1 Å². The Balaban J connectivity index is 2.28. The molecule has 0 aliphatic carbocycles. The third-order valence-corrected chi connectivity index (χ3v) is 2.22. The van der Waals surface area contributed by atoms with Gasteiger partial charge in [-0.25, -0.2) is 0 Å². The lowest BCUT2D eigenvalue weighted by molar-refractivity contribution is 0.351. The van der Waals surface area contributed by atoms with Gasteiger partial charge in [0, 0.05) is 6.54 Å². The molecule has 1 heterocycles. The summed E-state index contributed by atoms with van der Waals surface area (Å²) < 4.78 is 0. The number of allylic oxidation sites excluding steroid dienone is 1. The maximum absolute atomic E-state index is 2.50. The standard InChI is InChI=1S/C9H17N/c1-3-5-9-6-7-10(4-2)8-9/h3,5,9H,4,6-8H2,1-2H3/b5-3-. The normalized spacial score (nSPS) is 28.4. The molecule has 1 heteroatoms. The van der Waals surface area contributed by atoms with Crippen molar-refractivity contribution in [3.63, 3.8) is 0 Å². The van der Waals surface area contributed by atoms with Gasteiger partial charge in [0.05, 0.1) is 0 Å². The lowest BCUT2D eigenvalue weighted by Gasteiger charge is -2.10. The SMILES string of the molecule is C/C=C\C1CCN(CC)C1. The van der Waals surface area contributed by atoms with Crippen LogP contribution in [0.3, 0.4) is 0 Å². The highest BCUT2D eigenvalue weighted by Gasteiger charge is 2.17. The lowest BCUT2D eigenvalue weighted by Crippen LogP contribution is -2.19. The van der Waals surface area contributed by atoms with E-state index in [1.807, 2.05) is 0 Å². The van der Waals surface area contributed by atoms with Gasteiger partial charge in [0.2, 0.25) is 0 Å². The van der Waals surface area contributed by atoms with Gasteiger partial charge in [0.15, 0.2) is 0 Å². The summed E-state index contributed by atoms with van der Waals surface area (Å²) in [6, 6.07) is 0. The Morgan fingerprint density at radius 1 is 1.60 bits per heavy atom. The molecule has 10 heavy (non-hydrogen) atoms. The molecule has 1 nitrogen and oxygen atoms in total. The molecule has 0 aromatic carbocycles. The molecule has 1 unspecified atom stereocenters. The van der Waals surface area contributed by atoms with Gasteiger partial charge in [-0.3, -0.25) is 0 Å². The minimum Gasteiger partial charge on any atom is -0.303 e. The third-order valence-electron chi connectivity index (χ3n) is 2.22. The van der Waals surface area contributed by atoms with E-state index in [1.165, 1.54) is 26.1 Å². The van der Waals surface area contributed by atoms with Gasteiger partial charge in [-0.2, -0.15) is 0 Å². The highest BCUT2D eigenvalue weighted by molar-refractivity contribution is 4.91. The molecule has 0 bridgehead atoms. The second kappa shape index (κ2) is 3.77. The Morgan fingerprint density at radius 3 is 2.90 bits per heavy atom. The molecular formula is C9H17N. The third kappa shape index (κ3) is 1.84. The summed E-state index contributed by atoms with van der Waals surface area (Å²) >= 11 is 0. The molecule has 0 aromatic heterocycles. The molecule has 1 saturated heterocycles. The van der Waals surface area contributed by atoms with Crippen molar-refractivity contribution in [1.29, 1.82) is 0 Å². The maximum atomic E-state index is 2.50. The van der Waals surface area contributed by atoms with Crippen LogP contribution < -0.4 is 0 Å². The van der Waals surface area contributed by atoms with Gasteiger partial charge in [-0.05, 0) is 32.4 Å². The van der Waals surface area contributed by atoms with Crippen LogP contribution in [0.5, 0.6) is 0 Å². The molecule has 1 atom stereocenters. The van der Waals surface area contributed by atoms with Crippen LogP contribution in [-0.2, 0) is 0 Å². The Kier molecular flexibility index (Phi) is 2.94. The molecule has 1 rings (SSSR count). The van der Waals surface area contributed by atoms with E-state index in [0.717, 1.165) is 5.92 Å². The van der Waals surface area contributed by atoms with E-state index in [-0.39, 0.29) is 0 Å². The maximum Gasteiger partial charge on any atom is 0.00447 e. The summed E-state index contributed by atoms with van der Waals surface area (Å²) in [5, 5.41) is 0. The van der Waals surface area contributed by atoms with Crippen LogP contribution in [0, 0.1) is 5.92 Å². The van der Waals surface area contributed by atoms with Crippen molar-refractivity contribution in [2.45, 2.75) is 20.3 Å². The zero-order valence-corrected chi connectivity index (χ0v) is 7.01. The zero-order chi connectivity index (χ0) is 7.40. The van der Waals surface area contributed by atoms with Gasteiger partial charge in [0.1, 0.15) is 0 Å². The summed E-state index contributed by atoms with van der Waals surface area (Å²) in [6.45, 7) is 8.13. The molecule has 0 amide bonds. The highest BCUT2D eigenvalue weighted by Crippen LogP contribution is 2.16. The van der Waals surface area contributed by atoms with E-state index in [2.05, 4.69) is 30.9 Å². The van der Waals surface area contributed by atoms with Crippen LogP contribution in [0.1, 0.15) is 20.3 Å². The minimum atomic E-state index is 0.838. The molecule has 0 radical (unpaired) electrons. The largest absolute Gasteiger partial charge is 0.303 e. The summed E-state index contributed by atoms with van der Waals surface area (Å²) in [7, 11) is 0. The van der Waals surface area contributed by atoms with Crippen molar-refractivity contribution >= 4 is 0 Å². The number of hydrogen-bond acceptors (Lipinski definition) is 1. The fraction of sp³-hybridized carbons (Fsp3) is 0.778. The van der Waals surface area contributed by atoms with Crippen LogP contribution in [0.15, 0.2) is 12.2 Å². The molecule has 0 N–H and O–H groups in total. The monoisotopic (exact) mass is 139 g/mol. The Labute approximate surface area is 63.7 Å². The van der Waals surface area contributed by atoms with Crippen molar-refractivity contribution < 1.29 is 0 Å². The molecule has 0 saturated carbocycles. The van der Waals surface area contributed by atoms with Crippen molar-refractivity contribution in [1.82, 2.24) is 4.90 Å². The minimum absolute atomic E-state index is 0.838. The predicted octanol–water partition coefficient (Wildman–Crippen LogP) is 1.90. The van der Waals surface area contributed by atoms with Crippen molar-refractivity contribution in [2.24, 2.45) is 5.92 Å². The second-order valence-corrected chi connectivity index (χ2v) is 2.97. The number of nitrogens with zero attached hydrogens (tertiary/aromatic N) is 1. The van der Waals surface area contributed by atoms with Crippen molar-refractivity contribution in [3.8, 4) is 0 Å². The van der Waals surface area contributed by atoms with E-state index < -0.39 is 0 Å². The van der Waals surface area contributed by atoms with E-state index in [9.17, 15) is 0 Å². The topological polar surface area (TPSA) is 3.24 Å². The average molecular weight is 139 g/mol. The van der Waals surface area contributed by atoms with E-state index in [1.54, 1.807) is 0 Å². The molecule has 58 valence electrons. The Hall–Kier alpha value is -0.300. The number of hydrogen-bond donors (Lipinski definition) is 0. The first-order valence-electron chi connectivity index (χ1n) is 4.22. The van der Waals surface area contributed by atoms with Crippen molar-refractivity contribution in [2.75, 3.05) is 19.6 Å². The second-order valence-electron chi connectivity index (χ2n) is 2.97. The molecule has 1 aliphatic rings. The lowest BCUT2D eigenvalue weighted by atomic mass is 10.1. The molecular weight excluding hydrogens is 122 g/mol. The van der Waals surface area contributed by atoms with E-state index in [0.29, 0.717) is 0 Å².